The minimum atomic E-state index is -0.974. The first-order valence-corrected chi connectivity index (χ1v) is 6.87. The number of hydrogen-bond donors (Lipinski definition) is 1. The molecule has 0 bridgehead atoms. The number of amides is 1. The largest absolute Gasteiger partial charge is 0.452 e. The zero-order valence-electron chi connectivity index (χ0n) is 11.5. The lowest BCUT2D eigenvalue weighted by Crippen LogP contribution is -2.28. The van der Waals surface area contributed by atoms with E-state index in [-0.39, 0.29) is 10.6 Å². The fraction of sp³-hybridized carbons (Fsp3) is 0.125. The molecule has 0 unspecified atom stereocenters. The highest BCUT2D eigenvalue weighted by molar-refractivity contribution is 6.33. The fourth-order valence-electron chi connectivity index (χ4n) is 1.74. The van der Waals surface area contributed by atoms with Gasteiger partial charge in [0, 0.05) is 6.54 Å². The molecule has 6 heteroatoms. The van der Waals surface area contributed by atoms with Crippen molar-refractivity contribution >= 4 is 23.5 Å². The summed E-state index contributed by atoms with van der Waals surface area (Å²) in [5.41, 5.74) is 0.541. The maximum absolute atomic E-state index is 13.5. The lowest BCUT2D eigenvalue weighted by molar-refractivity contribution is -0.124. The van der Waals surface area contributed by atoms with Gasteiger partial charge in [0.05, 0.1) is 5.02 Å². The lowest BCUT2D eigenvalue weighted by atomic mass is 10.2. The maximum Gasteiger partial charge on any atom is 0.343 e. The number of nitrogens with one attached hydrogen (secondary N) is 1. The van der Waals surface area contributed by atoms with E-state index in [1.807, 2.05) is 30.3 Å². The minimum Gasteiger partial charge on any atom is -0.452 e. The Morgan fingerprint density at radius 1 is 1.09 bits per heavy atom. The summed E-state index contributed by atoms with van der Waals surface area (Å²) in [7, 11) is 0. The van der Waals surface area contributed by atoms with Crippen LogP contribution in [0.4, 0.5) is 4.39 Å². The first-order chi connectivity index (χ1) is 10.6. The lowest BCUT2D eigenvalue weighted by Gasteiger charge is -2.08. The van der Waals surface area contributed by atoms with Crippen LogP contribution in [-0.4, -0.2) is 18.5 Å². The van der Waals surface area contributed by atoms with Crippen molar-refractivity contribution in [2.75, 3.05) is 6.61 Å². The molecule has 22 heavy (non-hydrogen) atoms. The van der Waals surface area contributed by atoms with Gasteiger partial charge in [0.25, 0.3) is 5.91 Å². The Morgan fingerprint density at radius 2 is 1.82 bits per heavy atom. The third kappa shape index (κ3) is 4.30. The smallest absolute Gasteiger partial charge is 0.343 e. The van der Waals surface area contributed by atoms with Crippen LogP contribution in [0.15, 0.2) is 48.5 Å². The number of hydrogen-bond acceptors (Lipinski definition) is 3. The summed E-state index contributed by atoms with van der Waals surface area (Å²) in [6.45, 7) is -0.186. The van der Waals surface area contributed by atoms with Crippen LogP contribution in [0.5, 0.6) is 0 Å². The number of halogens is 2. The summed E-state index contributed by atoms with van der Waals surface area (Å²) in [5, 5.41) is 2.53. The van der Waals surface area contributed by atoms with Gasteiger partial charge < -0.3 is 10.1 Å². The molecule has 2 aromatic rings. The number of rotatable bonds is 5. The van der Waals surface area contributed by atoms with Crippen LogP contribution in [-0.2, 0) is 16.1 Å². The van der Waals surface area contributed by atoms with Gasteiger partial charge in [-0.3, -0.25) is 4.79 Å². The molecule has 0 saturated heterocycles. The predicted octanol–water partition coefficient (Wildman–Crippen LogP) is 2.95. The molecule has 0 spiro atoms. The van der Waals surface area contributed by atoms with Gasteiger partial charge >= 0.3 is 5.97 Å². The number of benzene rings is 2. The second-order valence-corrected chi connectivity index (χ2v) is 4.84. The van der Waals surface area contributed by atoms with E-state index in [0.717, 1.165) is 11.6 Å². The van der Waals surface area contributed by atoms with E-state index < -0.39 is 24.3 Å². The van der Waals surface area contributed by atoms with Gasteiger partial charge in [0.1, 0.15) is 11.4 Å². The third-order valence-corrected chi connectivity index (χ3v) is 3.15. The van der Waals surface area contributed by atoms with Crippen LogP contribution >= 0.6 is 11.6 Å². The topological polar surface area (TPSA) is 55.4 Å². The Balaban J connectivity index is 1.85. The molecule has 0 fully saturated rings. The molecule has 1 N–H and O–H groups in total. The van der Waals surface area contributed by atoms with Crippen LogP contribution in [0.25, 0.3) is 0 Å². The Bertz CT molecular complexity index is 656. The molecule has 0 saturated carbocycles. The van der Waals surface area contributed by atoms with Gasteiger partial charge in [0.15, 0.2) is 6.61 Å². The molecule has 2 rings (SSSR count). The summed E-state index contributed by atoms with van der Waals surface area (Å²) in [6.07, 6.45) is 0. The summed E-state index contributed by atoms with van der Waals surface area (Å²) in [4.78, 5) is 23.3. The van der Waals surface area contributed by atoms with Gasteiger partial charge in [-0.15, -0.1) is 0 Å². The molecule has 4 nitrogen and oxygen atoms in total. The van der Waals surface area contributed by atoms with Gasteiger partial charge in [-0.05, 0) is 17.7 Å². The molecule has 0 radical (unpaired) electrons. The summed E-state index contributed by atoms with van der Waals surface area (Å²) >= 11 is 5.74. The second kappa shape index (κ2) is 7.56. The third-order valence-electron chi connectivity index (χ3n) is 2.83. The van der Waals surface area contributed by atoms with E-state index in [4.69, 9.17) is 16.3 Å². The van der Waals surface area contributed by atoms with Crippen molar-refractivity contribution in [1.82, 2.24) is 5.32 Å². The molecule has 0 aromatic heterocycles. The molecule has 2 aromatic carbocycles. The first-order valence-electron chi connectivity index (χ1n) is 6.49. The summed E-state index contributed by atoms with van der Waals surface area (Å²) in [5.74, 6) is -2.25. The van der Waals surface area contributed by atoms with Gasteiger partial charge in [-0.25, -0.2) is 9.18 Å². The van der Waals surface area contributed by atoms with Crippen LogP contribution in [0, 0.1) is 5.82 Å². The van der Waals surface area contributed by atoms with Crippen LogP contribution in [0.2, 0.25) is 5.02 Å². The Kier molecular flexibility index (Phi) is 5.49. The zero-order chi connectivity index (χ0) is 15.9. The van der Waals surface area contributed by atoms with Gasteiger partial charge in [0.2, 0.25) is 0 Å². The highest BCUT2D eigenvalue weighted by Crippen LogP contribution is 2.19. The van der Waals surface area contributed by atoms with E-state index >= 15 is 0 Å². The van der Waals surface area contributed by atoms with Gasteiger partial charge in [-0.2, -0.15) is 0 Å². The van der Waals surface area contributed by atoms with Crippen molar-refractivity contribution < 1.29 is 18.7 Å². The number of carbonyl (C=O) groups excluding carboxylic acids is 2. The zero-order valence-corrected chi connectivity index (χ0v) is 12.3. The minimum absolute atomic E-state index is 0.0605. The van der Waals surface area contributed by atoms with Crippen molar-refractivity contribution in [2.45, 2.75) is 6.54 Å². The molecule has 114 valence electrons. The molecular weight excluding hydrogens is 309 g/mol. The predicted molar refractivity (Wildman–Crippen MR) is 80.0 cm³/mol. The quantitative estimate of drug-likeness (QED) is 0.861. The van der Waals surface area contributed by atoms with Crippen molar-refractivity contribution in [1.29, 1.82) is 0 Å². The normalized spacial score (nSPS) is 10.1. The van der Waals surface area contributed by atoms with Crippen LogP contribution in [0.1, 0.15) is 15.9 Å². The van der Waals surface area contributed by atoms with Crippen LogP contribution < -0.4 is 5.32 Å². The first kappa shape index (κ1) is 16.0. The highest BCUT2D eigenvalue weighted by atomic mass is 35.5. The average molecular weight is 322 g/mol. The van der Waals surface area contributed by atoms with Gasteiger partial charge in [-0.1, -0.05) is 48.0 Å². The monoisotopic (exact) mass is 321 g/mol. The van der Waals surface area contributed by atoms with E-state index in [0.29, 0.717) is 6.54 Å². The molecule has 0 aliphatic carbocycles. The summed E-state index contributed by atoms with van der Waals surface area (Å²) in [6, 6.07) is 13.1. The SMILES string of the molecule is O=C(COC(=O)c1c(F)cccc1Cl)NCc1ccccc1. The van der Waals surface area contributed by atoms with Crippen LogP contribution in [0.3, 0.4) is 0 Å². The fourth-order valence-corrected chi connectivity index (χ4v) is 1.98. The van der Waals surface area contributed by atoms with Crippen molar-refractivity contribution in [2.24, 2.45) is 0 Å². The second-order valence-electron chi connectivity index (χ2n) is 4.44. The Hall–Kier alpha value is -2.40. The summed E-state index contributed by atoms with van der Waals surface area (Å²) < 4.78 is 18.3. The number of carbonyl (C=O) groups is 2. The maximum atomic E-state index is 13.5. The molecule has 0 atom stereocenters. The molecule has 1 amide bonds. The van der Waals surface area contributed by atoms with Crippen molar-refractivity contribution in [3.8, 4) is 0 Å². The van der Waals surface area contributed by atoms with E-state index in [1.165, 1.54) is 12.1 Å². The molecule has 0 aliphatic heterocycles. The molecule has 0 aliphatic rings. The Morgan fingerprint density at radius 3 is 2.50 bits per heavy atom. The average Bonchev–Trinajstić information content (AvgIpc) is 2.52. The standard InChI is InChI=1S/C16H13ClFNO3/c17-12-7-4-8-13(18)15(12)16(21)22-10-14(20)19-9-11-5-2-1-3-6-11/h1-8H,9-10H2,(H,19,20). The Labute approximate surface area is 131 Å². The van der Waals surface area contributed by atoms with Crippen molar-refractivity contribution in [3.05, 3.63) is 70.5 Å². The highest BCUT2D eigenvalue weighted by Gasteiger charge is 2.18. The number of esters is 1. The van der Waals surface area contributed by atoms with E-state index in [2.05, 4.69) is 5.32 Å². The molecule has 0 heterocycles. The number of ether oxygens (including phenoxy) is 1. The van der Waals surface area contributed by atoms with Crippen molar-refractivity contribution in [3.63, 3.8) is 0 Å². The molecular formula is C16H13ClFNO3. The van der Waals surface area contributed by atoms with E-state index in [9.17, 15) is 14.0 Å². The van der Waals surface area contributed by atoms with E-state index in [1.54, 1.807) is 0 Å².